The lowest BCUT2D eigenvalue weighted by atomic mass is 10.3. The molecule has 0 spiro atoms. The van der Waals surface area contributed by atoms with Crippen molar-refractivity contribution < 1.29 is 52.3 Å². The van der Waals surface area contributed by atoms with E-state index < -0.39 is 62.6 Å². The van der Waals surface area contributed by atoms with Crippen LogP contribution < -0.4 is 15.3 Å². The van der Waals surface area contributed by atoms with Crippen molar-refractivity contribution in [1.82, 2.24) is 24.6 Å². The first-order valence-electron chi connectivity index (χ1n) is 12.2. The van der Waals surface area contributed by atoms with Gasteiger partial charge in [-0.2, -0.15) is 0 Å². The van der Waals surface area contributed by atoms with Crippen molar-refractivity contribution in [3.63, 3.8) is 0 Å². The number of nitrogen functional groups attached to an aromatic ring is 1. The van der Waals surface area contributed by atoms with E-state index in [2.05, 4.69) is 20.0 Å². The van der Waals surface area contributed by atoms with Gasteiger partial charge in [0, 0.05) is 6.08 Å². The number of ether oxygens (including phenoxy) is 3. The molecule has 18 heteroatoms. The molecule has 42 heavy (non-hydrogen) atoms. The summed E-state index contributed by atoms with van der Waals surface area (Å²) in [5, 5.41) is 18.1. The van der Waals surface area contributed by atoms with Crippen LogP contribution in [0, 0.1) is 0 Å². The lowest BCUT2D eigenvalue weighted by molar-refractivity contribution is -0.147. The van der Waals surface area contributed by atoms with Crippen LogP contribution in [0.4, 0.5) is 10.2 Å². The molecule has 1 aliphatic rings. The van der Waals surface area contributed by atoms with E-state index in [9.17, 15) is 23.3 Å². The molecule has 226 valence electrons. The monoisotopic (exact) mass is 610 g/mol. The number of aliphatic carboxylic acids is 2. The van der Waals surface area contributed by atoms with Crippen LogP contribution in [0.2, 0.25) is 0 Å². The van der Waals surface area contributed by atoms with Gasteiger partial charge in [0.25, 0.3) is 0 Å². The maximum atomic E-state index is 14.8. The first-order chi connectivity index (χ1) is 19.9. The number of carbonyl (C=O) groups is 3. The van der Waals surface area contributed by atoms with Crippen LogP contribution >= 0.6 is 7.52 Å². The quantitative estimate of drug-likeness (QED) is 0.131. The molecular weight excluding hydrogens is 582 g/mol. The third kappa shape index (κ3) is 8.78. The number of esters is 1. The smallest absolute Gasteiger partial charge is 0.342 e. The fourth-order valence-electron chi connectivity index (χ4n) is 3.43. The number of nitrogens with two attached hydrogens (primary N) is 1. The normalized spacial score (nSPS) is 18.2. The van der Waals surface area contributed by atoms with Gasteiger partial charge in [-0.25, -0.2) is 24.4 Å². The average Bonchev–Trinajstić information content (AvgIpc) is 3.51. The third-order valence-corrected chi connectivity index (χ3v) is 6.95. The van der Waals surface area contributed by atoms with E-state index >= 15 is 0 Å². The minimum Gasteiger partial charge on any atom is -0.481 e. The number of para-hydroxylation sites is 1. The Morgan fingerprint density at radius 1 is 1.19 bits per heavy atom. The van der Waals surface area contributed by atoms with Crippen molar-refractivity contribution in [3.8, 4) is 5.75 Å². The number of benzene rings is 1. The minimum atomic E-state index is -3.83. The fraction of sp³-hybridized carbons (Fsp3) is 0.333. The Morgan fingerprint density at radius 3 is 2.50 bits per heavy atom. The standard InChI is InChI=1S/C21H24FN6O6P.C3H4O4/c1-3-31-21(29)13(2)27-35(30,34-14-7-5-4-6-8-14)12-32-16-9-15(22)20(33-16)28-11-26-17-18(23)24-10-25-19(17)28;4-2(5)1-3(6)7/h4-11,13,16,20H,3,12H2,1-2H3,(H,27,30)(H2,23,24,25);1H2,(H,4,5)(H,6,7)/t13-,16-,20+,35+;/m0./s1. The van der Waals surface area contributed by atoms with E-state index in [4.69, 9.17) is 34.7 Å². The number of imidazole rings is 1. The van der Waals surface area contributed by atoms with E-state index in [-0.39, 0.29) is 23.8 Å². The van der Waals surface area contributed by atoms with Gasteiger partial charge in [0.1, 0.15) is 30.1 Å². The number of halogens is 1. The SMILES string of the molecule is CCOC(=O)[C@H](C)N[P@@](=O)(CO[C@@H]1C=C(F)[C@H](n2cnc3c(N)ncnc32)O1)Oc1ccccc1.O=C(O)CC(=O)O. The highest BCUT2D eigenvalue weighted by Crippen LogP contribution is 2.45. The predicted molar refractivity (Wildman–Crippen MR) is 143 cm³/mol. The van der Waals surface area contributed by atoms with Crippen molar-refractivity contribution >= 4 is 42.4 Å². The first kappa shape index (κ1) is 32.1. The Balaban J connectivity index is 0.000000616. The van der Waals surface area contributed by atoms with Crippen LogP contribution in [-0.2, 0) is 33.2 Å². The van der Waals surface area contributed by atoms with Gasteiger partial charge in [0.15, 0.2) is 36.2 Å². The van der Waals surface area contributed by atoms with Crippen molar-refractivity contribution in [2.45, 2.75) is 38.8 Å². The van der Waals surface area contributed by atoms with E-state index in [0.717, 1.165) is 6.08 Å². The molecule has 0 saturated carbocycles. The second kappa shape index (κ2) is 14.5. The van der Waals surface area contributed by atoms with Gasteiger partial charge in [-0.1, -0.05) is 18.2 Å². The molecule has 0 fully saturated rings. The van der Waals surface area contributed by atoms with Crippen LogP contribution in [0.25, 0.3) is 11.2 Å². The van der Waals surface area contributed by atoms with Crippen molar-refractivity contribution in [1.29, 1.82) is 0 Å². The Bertz CT molecular complexity index is 1470. The number of hydrogen-bond acceptors (Lipinski definition) is 12. The largest absolute Gasteiger partial charge is 0.481 e. The summed E-state index contributed by atoms with van der Waals surface area (Å²) in [5.41, 5.74) is 6.35. The third-order valence-electron chi connectivity index (χ3n) is 5.17. The van der Waals surface area contributed by atoms with E-state index in [0.29, 0.717) is 5.52 Å². The second-order valence-electron chi connectivity index (χ2n) is 8.43. The summed E-state index contributed by atoms with van der Waals surface area (Å²) in [6, 6.07) is 7.40. The number of rotatable bonds is 12. The Kier molecular flexibility index (Phi) is 11.0. The van der Waals surface area contributed by atoms with Gasteiger partial charge < -0.3 is 34.7 Å². The first-order valence-corrected chi connectivity index (χ1v) is 14.0. The zero-order valence-corrected chi connectivity index (χ0v) is 23.2. The molecule has 4 atom stereocenters. The molecule has 4 rings (SSSR count). The van der Waals surface area contributed by atoms with Gasteiger partial charge in [0.05, 0.1) is 12.9 Å². The molecule has 1 aromatic carbocycles. The van der Waals surface area contributed by atoms with Crippen LogP contribution in [0.5, 0.6) is 5.75 Å². The highest BCUT2D eigenvalue weighted by Gasteiger charge is 2.36. The molecule has 0 unspecified atom stereocenters. The number of anilines is 1. The number of nitrogens with one attached hydrogen (secondary N) is 1. The van der Waals surface area contributed by atoms with Crippen molar-refractivity contribution in [3.05, 3.63) is 54.9 Å². The summed E-state index contributed by atoms with van der Waals surface area (Å²) in [5.74, 6) is -3.47. The van der Waals surface area contributed by atoms with Crippen LogP contribution in [-0.4, -0.2) is 72.9 Å². The Morgan fingerprint density at radius 2 is 1.88 bits per heavy atom. The van der Waals surface area contributed by atoms with Crippen LogP contribution in [0.1, 0.15) is 26.5 Å². The van der Waals surface area contributed by atoms with Gasteiger partial charge in [0.2, 0.25) is 0 Å². The van der Waals surface area contributed by atoms with Gasteiger partial charge >= 0.3 is 25.4 Å². The lowest BCUT2D eigenvalue weighted by Crippen LogP contribution is -2.36. The summed E-state index contributed by atoms with van der Waals surface area (Å²) < 4.78 is 51.5. The van der Waals surface area contributed by atoms with Crippen LogP contribution in [0.15, 0.2) is 54.9 Å². The maximum absolute atomic E-state index is 14.8. The molecule has 0 saturated heterocycles. The molecule has 0 amide bonds. The number of nitrogens with zero attached hydrogens (tertiary/aromatic N) is 4. The zero-order chi connectivity index (χ0) is 30.9. The molecule has 0 bridgehead atoms. The summed E-state index contributed by atoms with van der Waals surface area (Å²) in [6.07, 6.45) is -0.130. The number of carboxylic acid groups (broad SMARTS) is 2. The molecule has 5 N–H and O–H groups in total. The van der Waals surface area contributed by atoms with Crippen molar-refractivity contribution in [2.75, 3.05) is 18.7 Å². The summed E-state index contributed by atoms with van der Waals surface area (Å²) in [7, 11) is -3.83. The van der Waals surface area contributed by atoms with Crippen molar-refractivity contribution in [2.24, 2.45) is 0 Å². The van der Waals surface area contributed by atoms with E-state index in [1.165, 1.54) is 24.1 Å². The summed E-state index contributed by atoms with van der Waals surface area (Å²) >= 11 is 0. The highest BCUT2D eigenvalue weighted by molar-refractivity contribution is 7.57. The topological polar surface area (TPSA) is 227 Å². The zero-order valence-electron chi connectivity index (χ0n) is 22.3. The molecule has 0 radical (unpaired) electrons. The molecule has 2 aromatic heterocycles. The highest BCUT2D eigenvalue weighted by atomic mass is 31.2. The number of carboxylic acids is 2. The van der Waals surface area contributed by atoms with Gasteiger partial charge in [-0.15, -0.1) is 0 Å². The van der Waals surface area contributed by atoms with E-state index in [1.807, 2.05) is 0 Å². The average molecular weight is 610 g/mol. The number of fused-ring (bicyclic) bond motifs is 1. The lowest BCUT2D eigenvalue weighted by Gasteiger charge is -2.24. The molecular formula is C24H28FN6O10P. The molecule has 0 aliphatic carbocycles. The predicted octanol–water partition coefficient (Wildman–Crippen LogP) is 2.45. The van der Waals surface area contributed by atoms with Crippen LogP contribution in [0.3, 0.4) is 0 Å². The molecule has 16 nitrogen and oxygen atoms in total. The summed E-state index contributed by atoms with van der Waals surface area (Å²) in [4.78, 5) is 43.0. The van der Waals surface area contributed by atoms with E-state index in [1.54, 1.807) is 37.3 Å². The molecule has 1 aliphatic heterocycles. The minimum absolute atomic E-state index is 0.143. The molecule has 3 heterocycles. The van der Waals surface area contributed by atoms with Gasteiger partial charge in [-0.3, -0.25) is 23.5 Å². The number of aromatic nitrogens is 4. The summed E-state index contributed by atoms with van der Waals surface area (Å²) in [6.45, 7) is 3.30. The Hall–Kier alpha value is -4.44. The second-order valence-corrected chi connectivity index (χ2v) is 10.5. The van der Waals surface area contributed by atoms with Gasteiger partial charge in [-0.05, 0) is 26.0 Å². The number of carbonyl (C=O) groups excluding carboxylic acids is 1. The Labute approximate surface area is 237 Å². The fourth-order valence-corrected chi connectivity index (χ4v) is 5.11. The maximum Gasteiger partial charge on any atom is 0.342 e. The number of hydrogen-bond donors (Lipinski definition) is 4. The molecule has 3 aromatic rings.